The lowest BCUT2D eigenvalue weighted by Crippen LogP contribution is -2.53. The highest BCUT2D eigenvalue weighted by Gasteiger charge is 2.53. The fourth-order valence-electron chi connectivity index (χ4n) is 5.73. The van der Waals surface area contributed by atoms with E-state index in [-0.39, 0.29) is 0 Å². The second-order valence-corrected chi connectivity index (χ2v) is 7.70. The number of hydrogen-bond donors (Lipinski definition) is 1. The van der Waals surface area contributed by atoms with E-state index in [1.54, 1.807) is 7.11 Å². The molecule has 0 aromatic carbocycles. The Kier molecular flexibility index (Phi) is 3.13. The first-order valence-electron chi connectivity index (χ1n) is 8.44. The molecule has 21 heavy (non-hydrogen) atoms. The molecule has 3 nitrogen and oxygen atoms in total. The van der Waals surface area contributed by atoms with E-state index in [9.17, 15) is 0 Å². The summed E-state index contributed by atoms with van der Waals surface area (Å²) in [7, 11) is 1.72. The minimum absolute atomic E-state index is 0.481. The Morgan fingerprint density at radius 2 is 1.81 bits per heavy atom. The third kappa shape index (κ3) is 2.21. The van der Waals surface area contributed by atoms with E-state index >= 15 is 0 Å². The van der Waals surface area contributed by atoms with Gasteiger partial charge in [0, 0.05) is 12.2 Å². The lowest BCUT2D eigenvalue weighted by atomic mass is 9.48. The summed E-state index contributed by atoms with van der Waals surface area (Å²) >= 11 is 0. The molecule has 5 rings (SSSR count). The lowest BCUT2D eigenvalue weighted by Gasteiger charge is -2.59. The molecule has 0 saturated heterocycles. The van der Waals surface area contributed by atoms with Gasteiger partial charge >= 0.3 is 0 Å². The quantitative estimate of drug-likeness (QED) is 0.904. The summed E-state index contributed by atoms with van der Waals surface area (Å²) in [5.74, 6) is 4.74. The average Bonchev–Trinajstić information content (AvgIpc) is 2.46. The predicted molar refractivity (Wildman–Crippen MR) is 84.5 cm³/mol. The fraction of sp³-hybridized carbons (Fsp3) is 0.722. The number of nitrogens with zero attached hydrogens (tertiary/aromatic N) is 1. The monoisotopic (exact) mass is 286 g/mol. The molecule has 3 heteroatoms. The van der Waals surface area contributed by atoms with Crippen molar-refractivity contribution in [2.45, 2.75) is 51.5 Å². The van der Waals surface area contributed by atoms with Gasteiger partial charge in [-0.3, -0.25) is 0 Å². The third-order valence-corrected chi connectivity index (χ3v) is 6.35. The van der Waals surface area contributed by atoms with Crippen molar-refractivity contribution in [1.29, 1.82) is 0 Å². The summed E-state index contributed by atoms with van der Waals surface area (Å²) in [6, 6.07) is 4.40. The molecule has 1 unspecified atom stereocenters. The summed E-state index contributed by atoms with van der Waals surface area (Å²) in [5, 5.41) is 3.68. The van der Waals surface area contributed by atoms with Gasteiger partial charge in [0.25, 0.3) is 0 Å². The van der Waals surface area contributed by atoms with E-state index in [1.165, 1.54) is 38.5 Å². The highest BCUT2D eigenvalue weighted by molar-refractivity contribution is 5.50. The zero-order valence-corrected chi connectivity index (χ0v) is 13.1. The molecule has 4 aliphatic carbocycles. The number of nitrogens with one attached hydrogen (secondary N) is 1. The van der Waals surface area contributed by atoms with E-state index in [4.69, 9.17) is 4.74 Å². The first kappa shape index (κ1) is 13.4. The number of pyridine rings is 1. The lowest BCUT2D eigenvalue weighted by molar-refractivity contribution is -0.0603. The zero-order valence-electron chi connectivity index (χ0n) is 13.1. The number of hydrogen-bond acceptors (Lipinski definition) is 3. The first-order chi connectivity index (χ1) is 10.2. The molecule has 0 spiro atoms. The van der Waals surface area contributed by atoms with Gasteiger partial charge in [-0.2, -0.15) is 0 Å². The van der Waals surface area contributed by atoms with Crippen LogP contribution in [0, 0.1) is 23.2 Å². The molecule has 0 aliphatic heterocycles. The number of anilines is 1. The van der Waals surface area contributed by atoms with Crippen LogP contribution in [0.3, 0.4) is 0 Å². The van der Waals surface area contributed by atoms with Gasteiger partial charge < -0.3 is 10.1 Å². The number of methoxy groups -OCH3 is 1. The van der Waals surface area contributed by atoms with Crippen molar-refractivity contribution >= 4 is 5.82 Å². The third-order valence-electron chi connectivity index (χ3n) is 6.35. The largest absolute Gasteiger partial charge is 0.493 e. The van der Waals surface area contributed by atoms with Gasteiger partial charge in [-0.25, -0.2) is 4.98 Å². The van der Waals surface area contributed by atoms with E-state index in [0.717, 1.165) is 29.3 Å². The number of ether oxygens (including phenoxy) is 1. The van der Waals surface area contributed by atoms with E-state index in [2.05, 4.69) is 17.2 Å². The Morgan fingerprint density at radius 3 is 2.38 bits per heavy atom. The van der Waals surface area contributed by atoms with Crippen LogP contribution in [-0.2, 0) is 0 Å². The van der Waals surface area contributed by atoms with Gasteiger partial charge in [-0.15, -0.1) is 0 Å². The Balaban J connectivity index is 1.56. The first-order valence-corrected chi connectivity index (χ1v) is 8.44. The van der Waals surface area contributed by atoms with Crippen molar-refractivity contribution in [2.75, 3.05) is 12.4 Å². The maximum atomic E-state index is 5.44. The average molecular weight is 286 g/mol. The molecule has 1 heterocycles. The predicted octanol–water partition coefficient (Wildman–Crippen LogP) is 4.11. The van der Waals surface area contributed by atoms with Crippen LogP contribution in [0.5, 0.6) is 5.75 Å². The van der Waals surface area contributed by atoms with E-state index < -0.39 is 0 Å². The number of aromatic nitrogens is 1. The van der Waals surface area contributed by atoms with Crippen LogP contribution < -0.4 is 10.1 Å². The minimum atomic E-state index is 0.481. The van der Waals surface area contributed by atoms with Gasteiger partial charge in [-0.05, 0) is 80.8 Å². The molecule has 1 aromatic rings. The summed E-state index contributed by atoms with van der Waals surface area (Å²) in [5.41, 5.74) is 0.497. The summed E-state index contributed by atoms with van der Waals surface area (Å²) in [6.07, 6.45) is 10.6. The molecule has 4 saturated carbocycles. The Bertz CT molecular complexity index is 492. The van der Waals surface area contributed by atoms with Crippen LogP contribution in [0.15, 0.2) is 18.3 Å². The van der Waals surface area contributed by atoms with Crippen LogP contribution >= 0.6 is 0 Å². The molecule has 4 bridgehead atoms. The van der Waals surface area contributed by atoms with E-state index in [0.29, 0.717) is 11.5 Å². The summed E-state index contributed by atoms with van der Waals surface area (Å²) in [4.78, 5) is 4.48. The molecular formula is C18H26N2O. The van der Waals surface area contributed by atoms with Crippen LogP contribution in [0.2, 0.25) is 0 Å². The van der Waals surface area contributed by atoms with Crippen LogP contribution in [0.4, 0.5) is 5.82 Å². The topological polar surface area (TPSA) is 34.1 Å². The SMILES string of the molecule is COc1cccnc1NC(C)C12CC3CC(CC(C3)C1)C2. The summed E-state index contributed by atoms with van der Waals surface area (Å²) < 4.78 is 5.44. The van der Waals surface area contributed by atoms with Crippen LogP contribution in [0.25, 0.3) is 0 Å². The van der Waals surface area contributed by atoms with Gasteiger partial charge in [0.05, 0.1) is 7.11 Å². The molecule has 1 N–H and O–H groups in total. The molecule has 0 amide bonds. The van der Waals surface area contributed by atoms with Crippen molar-refractivity contribution in [3.63, 3.8) is 0 Å². The smallest absolute Gasteiger partial charge is 0.168 e. The molecule has 1 atom stereocenters. The normalized spacial score (nSPS) is 38.3. The molecule has 4 aliphatic rings. The van der Waals surface area contributed by atoms with Gasteiger partial charge in [0.2, 0.25) is 0 Å². The highest BCUT2D eigenvalue weighted by Crippen LogP contribution is 2.61. The molecular weight excluding hydrogens is 260 g/mol. The zero-order chi connectivity index (χ0) is 14.4. The Hall–Kier alpha value is -1.25. The van der Waals surface area contributed by atoms with Gasteiger partial charge in [0.15, 0.2) is 11.6 Å². The van der Waals surface area contributed by atoms with Crippen LogP contribution in [0.1, 0.15) is 45.4 Å². The van der Waals surface area contributed by atoms with Crippen molar-refractivity contribution in [2.24, 2.45) is 23.2 Å². The highest BCUT2D eigenvalue weighted by atomic mass is 16.5. The second kappa shape index (κ2) is 4.89. The Morgan fingerprint density at radius 1 is 1.19 bits per heavy atom. The maximum absolute atomic E-state index is 5.44. The van der Waals surface area contributed by atoms with Gasteiger partial charge in [-0.1, -0.05) is 0 Å². The van der Waals surface area contributed by atoms with E-state index in [1.807, 2.05) is 18.3 Å². The molecule has 4 fully saturated rings. The second-order valence-electron chi connectivity index (χ2n) is 7.70. The van der Waals surface area contributed by atoms with Gasteiger partial charge in [0.1, 0.15) is 0 Å². The van der Waals surface area contributed by atoms with Crippen LogP contribution in [-0.4, -0.2) is 18.1 Å². The number of rotatable bonds is 4. The summed E-state index contributed by atoms with van der Waals surface area (Å²) in [6.45, 7) is 2.36. The molecule has 114 valence electrons. The van der Waals surface area contributed by atoms with Crippen molar-refractivity contribution in [3.05, 3.63) is 18.3 Å². The minimum Gasteiger partial charge on any atom is -0.493 e. The molecule has 0 radical (unpaired) electrons. The van der Waals surface area contributed by atoms with Crippen molar-refractivity contribution in [1.82, 2.24) is 4.98 Å². The van der Waals surface area contributed by atoms with Crippen molar-refractivity contribution in [3.8, 4) is 5.75 Å². The Labute approximate surface area is 127 Å². The standard InChI is InChI=1S/C18H26N2O/c1-12(20-17-16(21-2)4-3-5-19-17)18-9-13-6-14(10-18)8-15(7-13)11-18/h3-5,12-15H,6-11H2,1-2H3,(H,19,20). The molecule has 1 aromatic heterocycles. The van der Waals surface area contributed by atoms with Crippen molar-refractivity contribution < 1.29 is 4.74 Å². The maximum Gasteiger partial charge on any atom is 0.168 e. The fourth-order valence-corrected chi connectivity index (χ4v) is 5.73.